The quantitative estimate of drug-likeness (QED) is 0.628. The summed E-state index contributed by atoms with van der Waals surface area (Å²) in [4.78, 5) is 0. The molecule has 0 heterocycles. The molecule has 0 saturated heterocycles. The minimum Gasteiger partial charge on any atom is -0.166 e. The van der Waals surface area contributed by atoms with Crippen molar-refractivity contribution in [2.24, 2.45) is 0 Å². The average molecular weight is 186 g/mol. The van der Waals surface area contributed by atoms with Crippen molar-refractivity contribution < 1.29 is 13.2 Å². The molecule has 0 radical (unpaired) electrons. The smallest absolute Gasteiger partial charge is 0.166 e. The van der Waals surface area contributed by atoms with Crippen LogP contribution in [0.15, 0.2) is 24.3 Å². The van der Waals surface area contributed by atoms with Gasteiger partial charge in [-0.1, -0.05) is 18.2 Å². The van der Waals surface area contributed by atoms with Crippen molar-refractivity contribution in [3.05, 3.63) is 35.4 Å². The first-order valence-corrected chi connectivity index (χ1v) is 4.24. The number of benzene rings is 1. The van der Waals surface area contributed by atoms with E-state index in [1.807, 2.05) is 0 Å². The van der Waals surface area contributed by atoms with E-state index >= 15 is 0 Å². The molecule has 70 valence electrons. The van der Waals surface area contributed by atoms with Crippen LogP contribution in [-0.4, -0.2) is 0 Å². The molecule has 1 fully saturated rings. The molecule has 0 nitrogen and oxygen atoms in total. The zero-order chi connectivity index (χ0) is 9.47. The number of alkyl halides is 3. The fourth-order valence-electron chi connectivity index (χ4n) is 1.39. The largest absolute Gasteiger partial charge is 0.416 e. The van der Waals surface area contributed by atoms with Crippen LogP contribution < -0.4 is 0 Å². The van der Waals surface area contributed by atoms with Crippen LogP contribution in [-0.2, 0) is 6.18 Å². The maximum atomic E-state index is 12.3. The van der Waals surface area contributed by atoms with Crippen LogP contribution in [0.3, 0.4) is 0 Å². The molecule has 1 aliphatic carbocycles. The van der Waals surface area contributed by atoms with E-state index in [2.05, 4.69) is 0 Å². The standard InChI is InChI=1S/C10H9F3/c11-10(12,13)9-3-1-2-8(6-9)7-4-5-7/h1-3,6-7H,4-5H2. The first-order chi connectivity index (χ1) is 6.07. The maximum Gasteiger partial charge on any atom is 0.416 e. The van der Waals surface area contributed by atoms with Crippen molar-refractivity contribution in [2.45, 2.75) is 24.9 Å². The Morgan fingerprint density at radius 2 is 1.85 bits per heavy atom. The molecule has 1 aliphatic rings. The fraction of sp³-hybridized carbons (Fsp3) is 0.400. The minimum absolute atomic E-state index is 0.377. The van der Waals surface area contributed by atoms with Gasteiger partial charge in [0, 0.05) is 0 Å². The Morgan fingerprint density at radius 1 is 1.15 bits per heavy atom. The fourth-order valence-corrected chi connectivity index (χ4v) is 1.39. The predicted octanol–water partition coefficient (Wildman–Crippen LogP) is 3.58. The van der Waals surface area contributed by atoms with E-state index in [1.54, 1.807) is 6.07 Å². The lowest BCUT2D eigenvalue weighted by Crippen LogP contribution is -2.04. The van der Waals surface area contributed by atoms with Crippen LogP contribution in [0.2, 0.25) is 0 Å². The van der Waals surface area contributed by atoms with Crippen molar-refractivity contribution in [2.75, 3.05) is 0 Å². The zero-order valence-corrected chi connectivity index (χ0v) is 6.93. The van der Waals surface area contributed by atoms with Gasteiger partial charge in [-0.15, -0.1) is 0 Å². The normalized spacial score (nSPS) is 17.5. The summed E-state index contributed by atoms with van der Waals surface area (Å²) >= 11 is 0. The summed E-state index contributed by atoms with van der Waals surface area (Å²) in [5, 5.41) is 0. The molecule has 0 N–H and O–H groups in total. The molecule has 2 rings (SSSR count). The molecule has 13 heavy (non-hydrogen) atoms. The first-order valence-electron chi connectivity index (χ1n) is 4.24. The lowest BCUT2D eigenvalue weighted by molar-refractivity contribution is -0.137. The van der Waals surface area contributed by atoms with Gasteiger partial charge in [-0.05, 0) is 30.4 Å². The molecular formula is C10H9F3. The minimum atomic E-state index is -4.20. The molecule has 1 aromatic rings. The topological polar surface area (TPSA) is 0 Å². The summed E-state index contributed by atoms with van der Waals surface area (Å²) in [5.74, 6) is 0.377. The summed E-state index contributed by atoms with van der Waals surface area (Å²) in [6, 6.07) is 5.63. The summed E-state index contributed by atoms with van der Waals surface area (Å²) in [6.45, 7) is 0. The third-order valence-electron chi connectivity index (χ3n) is 2.26. The monoisotopic (exact) mass is 186 g/mol. The number of hydrogen-bond donors (Lipinski definition) is 0. The average Bonchev–Trinajstić information content (AvgIpc) is 2.85. The van der Waals surface area contributed by atoms with Gasteiger partial charge in [0.2, 0.25) is 0 Å². The highest BCUT2D eigenvalue weighted by atomic mass is 19.4. The second kappa shape index (κ2) is 2.76. The molecule has 0 aromatic heterocycles. The van der Waals surface area contributed by atoms with E-state index < -0.39 is 11.7 Å². The van der Waals surface area contributed by atoms with Crippen molar-refractivity contribution in [1.82, 2.24) is 0 Å². The number of rotatable bonds is 1. The number of hydrogen-bond acceptors (Lipinski definition) is 0. The van der Waals surface area contributed by atoms with E-state index in [4.69, 9.17) is 0 Å². The SMILES string of the molecule is FC(F)(F)c1cccc(C2CC2)c1. The third kappa shape index (κ3) is 1.85. The summed E-state index contributed by atoms with van der Waals surface area (Å²) in [5.41, 5.74) is 0.298. The third-order valence-corrected chi connectivity index (χ3v) is 2.26. The maximum absolute atomic E-state index is 12.3. The predicted molar refractivity (Wildman–Crippen MR) is 43.4 cm³/mol. The second-order valence-corrected chi connectivity index (χ2v) is 3.40. The van der Waals surface area contributed by atoms with Gasteiger partial charge < -0.3 is 0 Å². The Kier molecular flexibility index (Phi) is 1.82. The molecular weight excluding hydrogens is 177 g/mol. The Bertz CT molecular complexity index is 310. The Balaban J connectivity index is 2.32. The highest BCUT2D eigenvalue weighted by Crippen LogP contribution is 2.41. The van der Waals surface area contributed by atoms with Crippen molar-refractivity contribution in [3.8, 4) is 0 Å². The summed E-state index contributed by atoms with van der Waals surface area (Å²) < 4.78 is 36.8. The molecule has 0 spiro atoms. The van der Waals surface area contributed by atoms with Crippen LogP contribution >= 0.6 is 0 Å². The van der Waals surface area contributed by atoms with Crippen molar-refractivity contribution in [1.29, 1.82) is 0 Å². The highest BCUT2D eigenvalue weighted by molar-refractivity contribution is 5.30. The van der Waals surface area contributed by atoms with Crippen molar-refractivity contribution in [3.63, 3.8) is 0 Å². The Hall–Kier alpha value is -0.990. The van der Waals surface area contributed by atoms with Crippen molar-refractivity contribution >= 4 is 0 Å². The van der Waals surface area contributed by atoms with E-state index in [9.17, 15) is 13.2 Å². The van der Waals surface area contributed by atoms with E-state index in [-0.39, 0.29) is 0 Å². The van der Waals surface area contributed by atoms with Gasteiger partial charge in [0.25, 0.3) is 0 Å². The van der Waals surface area contributed by atoms with E-state index in [0.29, 0.717) is 5.92 Å². The van der Waals surface area contributed by atoms with Crippen LogP contribution in [0.1, 0.15) is 29.9 Å². The van der Waals surface area contributed by atoms with Gasteiger partial charge in [-0.25, -0.2) is 0 Å². The van der Waals surface area contributed by atoms with Gasteiger partial charge in [0.15, 0.2) is 0 Å². The van der Waals surface area contributed by atoms with Gasteiger partial charge in [0.1, 0.15) is 0 Å². The summed E-state index contributed by atoms with van der Waals surface area (Å²) in [7, 11) is 0. The molecule has 0 unspecified atom stereocenters. The Labute approximate surface area is 74.4 Å². The molecule has 1 aromatic carbocycles. The molecule has 0 aliphatic heterocycles. The summed E-state index contributed by atoms with van der Waals surface area (Å²) in [6.07, 6.45) is -2.15. The van der Waals surface area contributed by atoms with Crippen LogP contribution in [0.4, 0.5) is 13.2 Å². The number of halogens is 3. The zero-order valence-electron chi connectivity index (χ0n) is 6.93. The molecule has 0 atom stereocenters. The van der Waals surface area contributed by atoms with Crippen LogP contribution in [0.25, 0.3) is 0 Å². The molecule has 3 heteroatoms. The first kappa shape index (κ1) is 8.60. The highest BCUT2D eigenvalue weighted by Gasteiger charge is 2.32. The second-order valence-electron chi connectivity index (χ2n) is 3.40. The van der Waals surface area contributed by atoms with Gasteiger partial charge in [0.05, 0.1) is 5.56 Å². The lowest BCUT2D eigenvalue weighted by atomic mass is 10.1. The molecule has 0 bridgehead atoms. The van der Waals surface area contributed by atoms with Crippen LogP contribution in [0, 0.1) is 0 Å². The van der Waals surface area contributed by atoms with E-state index in [1.165, 1.54) is 12.1 Å². The lowest BCUT2D eigenvalue weighted by Gasteiger charge is -2.07. The van der Waals surface area contributed by atoms with Crippen LogP contribution in [0.5, 0.6) is 0 Å². The van der Waals surface area contributed by atoms with Gasteiger partial charge >= 0.3 is 6.18 Å². The Morgan fingerprint density at radius 3 is 2.38 bits per heavy atom. The van der Waals surface area contributed by atoms with Gasteiger partial charge in [-0.2, -0.15) is 13.2 Å². The van der Waals surface area contributed by atoms with E-state index in [0.717, 1.165) is 24.5 Å². The van der Waals surface area contributed by atoms with Gasteiger partial charge in [-0.3, -0.25) is 0 Å². The molecule has 0 amide bonds. The molecule has 1 saturated carbocycles.